The third kappa shape index (κ3) is 6.40. The zero-order chi connectivity index (χ0) is 20.6. The van der Waals surface area contributed by atoms with Gasteiger partial charge in [0.15, 0.2) is 0 Å². The van der Waals surface area contributed by atoms with E-state index in [2.05, 4.69) is 17.4 Å². The van der Waals surface area contributed by atoms with E-state index in [1.165, 1.54) is 10.5 Å². The number of carbonyl (C=O) groups is 1. The molecule has 1 N–H and O–H groups in total. The zero-order valence-electron chi connectivity index (χ0n) is 17.5. The molecule has 2 aromatic carbocycles. The molecular weight excluding hydrogens is 404 g/mol. The van der Waals surface area contributed by atoms with Gasteiger partial charge in [-0.3, -0.25) is 0 Å². The molecule has 0 spiro atoms. The van der Waals surface area contributed by atoms with E-state index in [0.717, 1.165) is 24.2 Å². The van der Waals surface area contributed by atoms with Crippen LogP contribution in [0, 0.1) is 5.92 Å². The van der Waals surface area contributed by atoms with E-state index in [4.69, 9.17) is 14.2 Å². The van der Waals surface area contributed by atoms with Crippen molar-refractivity contribution in [3.63, 3.8) is 0 Å². The van der Waals surface area contributed by atoms with Crippen LogP contribution in [0.5, 0.6) is 5.75 Å². The van der Waals surface area contributed by atoms with Crippen LogP contribution in [0.15, 0.2) is 66.6 Å². The van der Waals surface area contributed by atoms with Crippen LogP contribution in [0.4, 0.5) is 4.79 Å². The topological polar surface area (TPSA) is 60.0 Å². The smallest absolute Gasteiger partial charge is 0.414 e. The lowest BCUT2D eigenvalue weighted by molar-refractivity contribution is 0.0688. The lowest BCUT2D eigenvalue weighted by Gasteiger charge is -2.24. The summed E-state index contributed by atoms with van der Waals surface area (Å²) in [6.07, 6.45) is 2.98. The first-order valence-corrected chi connectivity index (χ1v) is 9.71. The summed E-state index contributed by atoms with van der Waals surface area (Å²) < 4.78 is 16.4. The van der Waals surface area contributed by atoms with E-state index in [0.29, 0.717) is 5.75 Å². The molecule has 0 saturated carbocycles. The number of hydrogen-bond donors (Lipinski definition) is 1. The maximum Gasteiger partial charge on any atom is 0.414 e. The predicted molar refractivity (Wildman–Crippen MR) is 119 cm³/mol. The summed E-state index contributed by atoms with van der Waals surface area (Å²) in [6.45, 7) is 0.265. The minimum absolute atomic E-state index is 0. The SMILES string of the molecule is CNC(CC(Cc1ccccc1)C1=COCO1)c1cccc(OC(=O)N(C)C)c1.Cl. The molecule has 1 aliphatic rings. The van der Waals surface area contributed by atoms with Gasteiger partial charge in [-0.25, -0.2) is 4.79 Å². The highest BCUT2D eigenvalue weighted by Gasteiger charge is 2.25. The first kappa shape index (κ1) is 23.6. The lowest BCUT2D eigenvalue weighted by Crippen LogP contribution is -2.25. The monoisotopic (exact) mass is 432 g/mol. The van der Waals surface area contributed by atoms with E-state index in [1.807, 2.05) is 43.4 Å². The van der Waals surface area contributed by atoms with Crippen LogP contribution in [-0.4, -0.2) is 38.9 Å². The van der Waals surface area contributed by atoms with Gasteiger partial charge in [0.25, 0.3) is 0 Å². The van der Waals surface area contributed by atoms with Crippen molar-refractivity contribution >= 4 is 18.5 Å². The lowest BCUT2D eigenvalue weighted by atomic mass is 9.88. The predicted octanol–water partition coefficient (Wildman–Crippen LogP) is 4.52. The summed E-state index contributed by atoms with van der Waals surface area (Å²) in [6, 6.07) is 18.1. The van der Waals surface area contributed by atoms with Gasteiger partial charge >= 0.3 is 6.09 Å². The average Bonchev–Trinajstić information content (AvgIpc) is 3.27. The van der Waals surface area contributed by atoms with E-state index in [1.54, 1.807) is 26.4 Å². The molecule has 0 aliphatic carbocycles. The Morgan fingerprint density at radius 3 is 2.57 bits per heavy atom. The highest BCUT2D eigenvalue weighted by Crippen LogP contribution is 2.32. The fourth-order valence-corrected chi connectivity index (χ4v) is 3.36. The summed E-state index contributed by atoms with van der Waals surface area (Å²) in [5.74, 6) is 1.55. The number of hydrogen-bond acceptors (Lipinski definition) is 5. The normalized spacial score (nSPS) is 14.4. The molecule has 0 bridgehead atoms. The minimum atomic E-state index is -0.397. The van der Waals surface area contributed by atoms with Crippen LogP contribution in [0.2, 0.25) is 0 Å². The molecule has 2 unspecified atom stereocenters. The van der Waals surface area contributed by atoms with E-state index < -0.39 is 6.09 Å². The van der Waals surface area contributed by atoms with Crippen molar-refractivity contribution in [2.45, 2.75) is 18.9 Å². The molecule has 162 valence electrons. The largest absolute Gasteiger partial charge is 0.462 e. The summed E-state index contributed by atoms with van der Waals surface area (Å²) in [5, 5.41) is 3.39. The Labute approximate surface area is 184 Å². The number of rotatable bonds is 8. The van der Waals surface area contributed by atoms with Crippen molar-refractivity contribution in [2.24, 2.45) is 5.92 Å². The van der Waals surface area contributed by atoms with Crippen LogP contribution >= 0.6 is 12.4 Å². The molecule has 0 saturated heterocycles. The van der Waals surface area contributed by atoms with E-state index in [-0.39, 0.29) is 31.2 Å². The fraction of sp³-hybridized carbons (Fsp3) is 0.348. The maximum absolute atomic E-state index is 11.9. The number of nitrogens with zero attached hydrogens (tertiary/aromatic N) is 1. The van der Waals surface area contributed by atoms with Crippen molar-refractivity contribution in [3.8, 4) is 5.75 Å². The Hall–Kier alpha value is -2.70. The average molecular weight is 433 g/mol. The minimum Gasteiger partial charge on any atom is -0.462 e. The molecule has 30 heavy (non-hydrogen) atoms. The van der Waals surface area contributed by atoms with Crippen LogP contribution in [-0.2, 0) is 15.9 Å². The number of ether oxygens (including phenoxy) is 3. The van der Waals surface area contributed by atoms with E-state index in [9.17, 15) is 4.79 Å². The van der Waals surface area contributed by atoms with Crippen molar-refractivity contribution < 1.29 is 19.0 Å². The van der Waals surface area contributed by atoms with Crippen molar-refractivity contribution in [3.05, 3.63) is 77.7 Å². The first-order chi connectivity index (χ1) is 14.1. The van der Waals surface area contributed by atoms with Crippen LogP contribution < -0.4 is 10.1 Å². The number of allylic oxidation sites excluding steroid dienone is 1. The standard InChI is InChI=1S/C23H28N2O4.ClH/c1-24-21(18-10-7-11-20(13-18)29-23(26)25(2)3)14-19(22-15-27-16-28-22)12-17-8-5-4-6-9-17;/h4-11,13,15,19,21,24H,12,14,16H2,1-3H3;1H. The highest BCUT2D eigenvalue weighted by atomic mass is 35.5. The Morgan fingerprint density at radius 1 is 1.17 bits per heavy atom. The molecule has 2 aromatic rings. The summed E-state index contributed by atoms with van der Waals surface area (Å²) >= 11 is 0. The molecule has 7 heteroatoms. The Kier molecular flexibility index (Phi) is 9.02. The molecule has 1 amide bonds. The molecule has 2 atom stereocenters. The summed E-state index contributed by atoms with van der Waals surface area (Å²) in [4.78, 5) is 13.3. The molecule has 1 aliphatic heterocycles. The molecule has 1 heterocycles. The third-order valence-corrected chi connectivity index (χ3v) is 4.92. The highest BCUT2D eigenvalue weighted by molar-refractivity contribution is 5.85. The molecule has 3 rings (SSSR count). The van der Waals surface area contributed by atoms with Gasteiger partial charge in [-0.05, 0) is 43.1 Å². The van der Waals surface area contributed by atoms with Crippen LogP contribution in [0.25, 0.3) is 0 Å². The zero-order valence-corrected chi connectivity index (χ0v) is 18.4. The van der Waals surface area contributed by atoms with Crippen molar-refractivity contribution in [1.82, 2.24) is 10.2 Å². The molecule has 0 aromatic heterocycles. The number of benzene rings is 2. The molecule has 6 nitrogen and oxygen atoms in total. The Bertz CT molecular complexity index is 842. The molecule has 0 radical (unpaired) electrons. The van der Waals surface area contributed by atoms with Gasteiger partial charge in [0.1, 0.15) is 17.8 Å². The van der Waals surface area contributed by atoms with Gasteiger partial charge < -0.3 is 24.4 Å². The molecule has 0 fully saturated rings. The second kappa shape index (κ2) is 11.5. The Morgan fingerprint density at radius 2 is 1.93 bits per heavy atom. The first-order valence-electron chi connectivity index (χ1n) is 9.71. The molecular formula is C23H29ClN2O4. The Balaban J connectivity index is 0.00000320. The second-order valence-corrected chi connectivity index (χ2v) is 7.25. The number of carbonyl (C=O) groups excluding carboxylic acids is 1. The van der Waals surface area contributed by atoms with Crippen LogP contribution in [0.1, 0.15) is 23.6 Å². The van der Waals surface area contributed by atoms with Crippen molar-refractivity contribution in [1.29, 1.82) is 0 Å². The van der Waals surface area contributed by atoms with Crippen LogP contribution in [0.3, 0.4) is 0 Å². The second-order valence-electron chi connectivity index (χ2n) is 7.25. The van der Waals surface area contributed by atoms with Gasteiger partial charge in [-0.1, -0.05) is 42.5 Å². The number of halogens is 1. The van der Waals surface area contributed by atoms with Gasteiger partial charge in [0, 0.05) is 26.1 Å². The van der Waals surface area contributed by atoms with Gasteiger partial charge in [0.2, 0.25) is 6.79 Å². The van der Waals surface area contributed by atoms with Gasteiger partial charge in [-0.15, -0.1) is 12.4 Å². The summed E-state index contributed by atoms with van der Waals surface area (Å²) in [7, 11) is 5.26. The van der Waals surface area contributed by atoms with E-state index >= 15 is 0 Å². The summed E-state index contributed by atoms with van der Waals surface area (Å²) in [5.41, 5.74) is 2.30. The quantitative estimate of drug-likeness (QED) is 0.664. The maximum atomic E-state index is 11.9. The van der Waals surface area contributed by atoms with Crippen molar-refractivity contribution in [2.75, 3.05) is 27.9 Å². The fourth-order valence-electron chi connectivity index (χ4n) is 3.36. The van der Waals surface area contributed by atoms with Gasteiger partial charge in [-0.2, -0.15) is 0 Å². The van der Waals surface area contributed by atoms with Gasteiger partial charge in [0.05, 0.1) is 0 Å². The third-order valence-electron chi connectivity index (χ3n) is 4.92. The number of nitrogens with one attached hydrogen (secondary N) is 1. The number of amides is 1.